The molecule has 0 rings (SSSR count). The molecule has 0 aliphatic heterocycles. The second-order valence-electron chi connectivity index (χ2n) is 2.42. The zero-order valence-electron chi connectivity index (χ0n) is 7.41. The predicted molar refractivity (Wildman–Crippen MR) is 47.0 cm³/mol. The molecule has 10 heavy (non-hydrogen) atoms. The first-order valence-electron chi connectivity index (χ1n) is 4.28. The zero-order chi connectivity index (χ0) is 7.82. The van der Waals surface area contributed by atoms with Gasteiger partial charge >= 0.3 is 0 Å². The van der Waals surface area contributed by atoms with Crippen molar-refractivity contribution >= 4 is 0 Å². The highest BCUT2D eigenvalue weighted by molar-refractivity contribution is 4.97. The molecule has 60 valence electrons. The van der Waals surface area contributed by atoms with E-state index in [1.54, 1.807) is 0 Å². The lowest BCUT2D eigenvalue weighted by molar-refractivity contribution is 0.737. The van der Waals surface area contributed by atoms with Crippen LogP contribution in [0.3, 0.4) is 0 Å². The van der Waals surface area contributed by atoms with Crippen LogP contribution in [0.1, 0.15) is 40.0 Å². The monoisotopic (exact) mass is 141 g/mol. The Balaban J connectivity index is 3.49. The van der Waals surface area contributed by atoms with Gasteiger partial charge in [0.05, 0.1) is 0 Å². The Morgan fingerprint density at radius 1 is 1.30 bits per heavy atom. The molecule has 0 spiro atoms. The van der Waals surface area contributed by atoms with Crippen LogP contribution in [0.25, 0.3) is 0 Å². The Labute approximate surface area is 64.5 Å². The Morgan fingerprint density at radius 3 is 2.40 bits per heavy atom. The van der Waals surface area contributed by atoms with E-state index in [2.05, 4.69) is 32.2 Å². The first-order chi connectivity index (χ1) is 4.85. The lowest BCUT2D eigenvalue weighted by Crippen LogP contribution is -2.13. The number of hydrogen-bond acceptors (Lipinski definition) is 1. The molecular formula is C9H19N. The van der Waals surface area contributed by atoms with E-state index in [0.29, 0.717) is 0 Å². The summed E-state index contributed by atoms with van der Waals surface area (Å²) in [5.41, 5.74) is 1.39. The van der Waals surface area contributed by atoms with Gasteiger partial charge in [-0.1, -0.05) is 26.8 Å². The van der Waals surface area contributed by atoms with Crippen molar-refractivity contribution in [1.29, 1.82) is 0 Å². The highest BCUT2D eigenvalue weighted by Gasteiger charge is 1.88. The van der Waals surface area contributed by atoms with Crippen molar-refractivity contribution in [2.75, 3.05) is 6.54 Å². The van der Waals surface area contributed by atoms with E-state index in [0.717, 1.165) is 19.4 Å². The van der Waals surface area contributed by atoms with E-state index < -0.39 is 0 Å². The lowest BCUT2D eigenvalue weighted by atomic mass is 10.3. The summed E-state index contributed by atoms with van der Waals surface area (Å²) in [5, 5.41) is 3.38. The second-order valence-corrected chi connectivity index (χ2v) is 2.42. The normalized spacial score (nSPS) is 11.7. The van der Waals surface area contributed by atoms with Gasteiger partial charge in [-0.05, 0) is 19.3 Å². The summed E-state index contributed by atoms with van der Waals surface area (Å²) in [5.74, 6) is 0. The molecule has 0 aromatic heterocycles. The van der Waals surface area contributed by atoms with Gasteiger partial charge in [0.1, 0.15) is 0 Å². The van der Waals surface area contributed by atoms with Gasteiger partial charge < -0.3 is 5.32 Å². The van der Waals surface area contributed by atoms with Crippen molar-refractivity contribution in [3.63, 3.8) is 0 Å². The quantitative estimate of drug-likeness (QED) is 0.620. The van der Waals surface area contributed by atoms with Gasteiger partial charge in [-0.3, -0.25) is 0 Å². The molecule has 0 amide bonds. The SMILES string of the molecule is CCC=C(CC)NCCC. The Morgan fingerprint density at radius 2 is 2.00 bits per heavy atom. The van der Waals surface area contributed by atoms with E-state index >= 15 is 0 Å². The van der Waals surface area contributed by atoms with Crippen LogP contribution >= 0.6 is 0 Å². The van der Waals surface area contributed by atoms with Gasteiger partial charge in [0.25, 0.3) is 0 Å². The van der Waals surface area contributed by atoms with Crippen LogP contribution in [0.2, 0.25) is 0 Å². The van der Waals surface area contributed by atoms with E-state index in [4.69, 9.17) is 0 Å². The average molecular weight is 141 g/mol. The van der Waals surface area contributed by atoms with Crippen LogP contribution in [0, 0.1) is 0 Å². The summed E-state index contributed by atoms with van der Waals surface area (Å²) in [6.07, 6.45) is 5.74. The summed E-state index contributed by atoms with van der Waals surface area (Å²) < 4.78 is 0. The minimum absolute atomic E-state index is 1.11. The largest absolute Gasteiger partial charge is 0.389 e. The van der Waals surface area contributed by atoms with Gasteiger partial charge in [-0.25, -0.2) is 0 Å². The Hall–Kier alpha value is -0.460. The van der Waals surface area contributed by atoms with Gasteiger partial charge in [0.2, 0.25) is 0 Å². The first-order valence-corrected chi connectivity index (χ1v) is 4.28. The fourth-order valence-corrected chi connectivity index (χ4v) is 0.873. The van der Waals surface area contributed by atoms with Gasteiger partial charge in [-0.15, -0.1) is 0 Å². The van der Waals surface area contributed by atoms with Crippen LogP contribution in [-0.2, 0) is 0 Å². The van der Waals surface area contributed by atoms with E-state index in [-0.39, 0.29) is 0 Å². The lowest BCUT2D eigenvalue weighted by Gasteiger charge is -2.06. The summed E-state index contributed by atoms with van der Waals surface area (Å²) in [4.78, 5) is 0. The maximum atomic E-state index is 3.38. The minimum Gasteiger partial charge on any atom is -0.389 e. The second kappa shape index (κ2) is 6.66. The molecule has 0 aromatic rings. The van der Waals surface area contributed by atoms with Crippen molar-refractivity contribution in [3.8, 4) is 0 Å². The molecule has 0 aliphatic carbocycles. The van der Waals surface area contributed by atoms with Crippen LogP contribution in [-0.4, -0.2) is 6.54 Å². The fourth-order valence-electron chi connectivity index (χ4n) is 0.873. The molecule has 0 aromatic carbocycles. The highest BCUT2D eigenvalue weighted by atomic mass is 14.9. The third-order valence-electron chi connectivity index (χ3n) is 1.43. The van der Waals surface area contributed by atoms with Crippen molar-refractivity contribution in [2.45, 2.75) is 40.0 Å². The van der Waals surface area contributed by atoms with Crippen LogP contribution in [0.15, 0.2) is 11.8 Å². The molecule has 0 unspecified atom stereocenters. The predicted octanol–water partition coefficient (Wildman–Crippen LogP) is 2.69. The molecule has 0 fully saturated rings. The number of rotatable bonds is 5. The molecule has 0 heterocycles. The van der Waals surface area contributed by atoms with Crippen LogP contribution in [0.5, 0.6) is 0 Å². The topological polar surface area (TPSA) is 12.0 Å². The Bertz CT molecular complexity index is 94.9. The number of hydrogen-bond donors (Lipinski definition) is 1. The maximum Gasteiger partial charge on any atom is 0.0141 e. The Kier molecular flexibility index (Phi) is 6.35. The summed E-state index contributed by atoms with van der Waals surface area (Å²) in [6.45, 7) is 7.65. The van der Waals surface area contributed by atoms with E-state index in [1.165, 1.54) is 12.1 Å². The summed E-state index contributed by atoms with van der Waals surface area (Å²) >= 11 is 0. The minimum atomic E-state index is 1.11. The average Bonchev–Trinajstić information content (AvgIpc) is 1.98. The van der Waals surface area contributed by atoms with Gasteiger partial charge in [-0.2, -0.15) is 0 Å². The molecule has 0 bridgehead atoms. The molecule has 0 atom stereocenters. The third kappa shape index (κ3) is 4.42. The molecule has 1 nitrogen and oxygen atoms in total. The third-order valence-corrected chi connectivity index (χ3v) is 1.43. The molecule has 0 saturated carbocycles. The van der Waals surface area contributed by atoms with E-state index in [9.17, 15) is 0 Å². The summed E-state index contributed by atoms with van der Waals surface area (Å²) in [6, 6.07) is 0. The standard InChI is InChI=1S/C9H19N/c1-4-7-9(6-3)10-8-5-2/h7,10H,4-6,8H2,1-3H3. The molecular weight excluding hydrogens is 122 g/mol. The highest BCUT2D eigenvalue weighted by Crippen LogP contribution is 1.96. The fraction of sp³-hybridized carbons (Fsp3) is 0.778. The van der Waals surface area contributed by atoms with Crippen molar-refractivity contribution in [2.24, 2.45) is 0 Å². The van der Waals surface area contributed by atoms with E-state index in [1.807, 2.05) is 0 Å². The number of allylic oxidation sites excluding steroid dienone is 2. The first kappa shape index (κ1) is 9.54. The molecule has 1 N–H and O–H groups in total. The van der Waals surface area contributed by atoms with Crippen LogP contribution < -0.4 is 5.32 Å². The molecule has 0 saturated heterocycles. The number of nitrogens with one attached hydrogen (secondary N) is 1. The summed E-state index contributed by atoms with van der Waals surface area (Å²) in [7, 11) is 0. The smallest absolute Gasteiger partial charge is 0.0141 e. The van der Waals surface area contributed by atoms with Crippen molar-refractivity contribution in [3.05, 3.63) is 11.8 Å². The molecule has 0 aliphatic rings. The maximum absolute atomic E-state index is 3.38. The van der Waals surface area contributed by atoms with Crippen molar-refractivity contribution < 1.29 is 0 Å². The molecule has 1 heteroatoms. The van der Waals surface area contributed by atoms with Crippen molar-refractivity contribution in [1.82, 2.24) is 5.32 Å². The van der Waals surface area contributed by atoms with Gasteiger partial charge in [0.15, 0.2) is 0 Å². The van der Waals surface area contributed by atoms with Crippen LogP contribution in [0.4, 0.5) is 0 Å². The van der Waals surface area contributed by atoms with Gasteiger partial charge in [0, 0.05) is 12.2 Å². The zero-order valence-corrected chi connectivity index (χ0v) is 7.41. The molecule has 0 radical (unpaired) electrons.